The molecule has 0 aliphatic heterocycles. The van der Waals surface area contributed by atoms with Crippen LogP contribution in [0.25, 0.3) is 0 Å². The van der Waals surface area contributed by atoms with E-state index in [0.717, 1.165) is 0 Å². The number of sulfonamides is 1. The molecule has 0 heterocycles. The van der Waals surface area contributed by atoms with E-state index >= 15 is 0 Å². The smallest absolute Gasteiger partial charge is 0.240 e. The predicted octanol–water partition coefficient (Wildman–Crippen LogP) is 2.71. The normalized spacial score (nSPS) is 11.1. The topological polar surface area (TPSA) is 73.9 Å². The lowest BCUT2D eigenvalue weighted by molar-refractivity contribution is 0.316. The van der Waals surface area contributed by atoms with Gasteiger partial charge in [0.05, 0.1) is 19.1 Å². The van der Waals surface area contributed by atoms with E-state index in [1.165, 1.54) is 26.4 Å². The van der Waals surface area contributed by atoms with Gasteiger partial charge in [-0.3, -0.25) is 0 Å². The molecule has 0 unspecified atom stereocenters. The van der Waals surface area contributed by atoms with E-state index in [4.69, 9.17) is 25.8 Å². The molecule has 0 saturated carbocycles. The van der Waals surface area contributed by atoms with Gasteiger partial charge in [0.2, 0.25) is 10.0 Å². The molecule has 0 amide bonds. The zero-order valence-corrected chi connectivity index (χ0v) is 14.9. The minimum Gasteiger partial charge on any atom is -0.496 e. The van der Waals surface area contributed by atoms with Crippen LogP contribution in [0, 0.1) is 0 Å². The van der Waals surface area contributed by atoms with E-state index < -0.39 is 10.0 Å². The van der Waals surface area contributed by atoms with Gasteiger partial charge in [-0.1, -0.05) is 17.7 Å². The van der Waals surface area contributed by atoms with Gasteiger partial charge < -0.3 is 14.2 Å². The molecule has 2 rings (SSSR count). The third kappa shape index (κ3) is 5.02. The van der Waals surface area contributed by atoms with Crippen LogP contribution in [0.4, 0.5) is 0 Å². The first kappa shape index (κ1) is 18.4. The van der Waals surface area contributed by atoms with Gasteiger partial charge in [-0.05, 0) is 18.2 Å². The second kappa shape index (κ2) is 8.23. The lowest BCUT2D eigenvalue weighted by Gasteiger charge is -2.11. The molecule has 130 valence electrons. The summed E-state index contributed by atoms with van der Waals surface area (Å²) in [6, 6.07) is 11.1. The number of methoxy groups -OCH3 is 2. The van der Waals surface area contributed by atoms with Crippen molar-refractivity contribution in [2.75, 3.05) is 27.4 Å². The molecule has 0 aliphatic rings. The summed E-state index contributed by atoms with van der Waals surface area (Å²) in [4.78, 5) is 0.109. The molecule has 0 fully saturated rings. The van der Waals surface area contributed by atoms with Crippen molar-refractivity contribution in [3.63, 3.8) is 0 Å². The molecule has 0 spiro atoms. The first-order valence-electron chi connectivity index (χ1n) is 7.06. The average molecular weight is 372 g/mol. The van der Waals surface area contributed by atoms with Crippen LogP contribution in [-0.4, -0.2) is 35.8 Å². The van der Waals surface area contributed by atoms with Crippen molar-refractivity contribution in [1.82, 2.24) is 4.72 Å². The van der Waals surface area contributed by atoms with Crippen LogP contribution in [0.2, 0.25) is 5.02 Å². The van der Waals surface area contributed by atoms with Crippen molar-refractivity contribution >= 4 is 21.6 Å². The van der Waals surface area contributed by atoms with Crippen LogP contribution in [-0.2, 0) is 10.0 Å². The van der Waals surface area contributed by atoms with Crippen molar-refractivity contribution in [3.05, 3.63) is 47.5 Å². The number of rotatable bonds is 8. The maximum Gasteiger partial charge on any atom is 0.240 e. The highest BCUT2D eigenvalue weighted by atomic mass is 35.5. The summed E-state index contributed by atoms with van der Waals surface area (Å²) in [5.74, 6) is 1.70. The van der Waals surface area contributed by atoms with Crippen LogP contribution >= 0.6 is 11.6 Å². The summed E-state index contributed by atoms with van der Waals surface area (Å²) in [5, 5.41) is 0.359. The highest BCUT2D eigenvalue weighted by Crippen LogP contribution is 2.27. The van der Waals surface area contributed by atoms with Gasteiger partial charge in [-0.15, -0.1) is 0 Å². The molecule has 0 bridgehead atoms. The molecule has 6 nitrogen and oxygen atoms in total. The van der Waals surface area contributed by atoms with Crippen LogP contribution in [0.1, 0.15) is 0 Å². The van der Waals surface area contributed by atoms with Gasteiger partial charge in [0.25, 0.3) is 0 Å². The lowest BCUT2D eigenvalue weighted by atomic mass is 10.3. The van der Waals surface area contributed by atoms with Crippen LogP contribution in [0.15, 0.2) is 47.4 Å². The quantitative estimate of drug-likeness (QED) is 0.722. The van der Waals surface area contributed by atoms with Gasteiger partial charge >= 0.3 is 0 Å². The van der Waals surface area contributed by atoms with Crippen LogP contribution < -0.4 is 18.9 Å². The highest BCUT2D eigenvalue weighted by Gasteiger charge is 2.13. The number of nitrogens with one attached hydrogen (secondary N) is 1. The Bertz CT molecular complexity index is 773. The first-order valence-corrected chi connectivity index (χ1v) is 8.92. The fraction of sp³-hybridized carbons (Fsp3) is 0.250. The Hall–Kier alpha value is -1.96. The van der Waals surface area contributed by atoms with E-state index in [1.54, 1.807) is 30.3 Å². The van der Waals surface area contributed by atoms with Gasteiger partial charge in [0.1, 0.15) is 23.9 Å². The molecule has 0 aromatic heterocycles. The number of halogens is 1. The molecule has 0 atom stereocenters. The number of ether oxygens (including phenoxy) is 3. The van der Waals surface area contributed by atoms with Gasteiger partial charge in [0, 0.05) is 29.8 Å². The second-order valence-electron chi connectivity index (χ2n) is 4.75. The monoisotopic (exact) mass is 371 g/mol. The fourth-order valence-corrected chi connectivity index (χ4v) is 3.24. The summed E-state index contributed by atoms with van der Waals surface area (Å²) in [6.07, 6.45) is 0. The zero-order chi connectivity index (χ0) is 17.6. The molecule has 0 saturated heterocycles. The summed E-state index contributed by atoms with van der Waals surface area (Å²) < 4.78 is 42.5. The minimum absolute atomic E-state index is 0.106. The highest BCUT2D eigenvalue weighted by molar-refractivity contribution is 7.89. The van der Waals surface area contributed by atoms with Crippen molar-refractivity contribution in [3.8, 4) is 17.2 Å². The van der Waals surface area contributed by atoms with E-state index in [2.05, 4.69) is 4.72 Å². The van der Waals surface area contributed by atoms with Crippen LogP contribution in [0.3, 0.4) is 0 Å². The van der Waals surface area contributed by atoms with Crippen molar-refractivity contribution < 1.29 is 22.6 Å². The van der Waals surface area contributed by atoms with Gasteiger partial charge in [-0.2, -0.15) is 0 Å². The SMILES string of the molecule is COc1cc(OC)cc(OCCNS(=O)(=O)c2cccc(Cl)c2)c1. The molecule has 24 heavy (non-hydrogen) atoms. The van der Waals surface area contributed by atoms with E-state index in [1.807, 2.05) is 0 Å². The maximum absolute atomic E-state index is 12.1. The largest absolute Gasteiger partial charge is 0.496 e. The number of hydrogen-bond donors (Lipinski definition) is 1. The average Bonchev–Trinajstić information content (AvgIpc) is 2.58. The Morgan fingerprint density at radius 2 is 1.62 bits per heavy atom. The Labute approximate surface area is 146 Å². The van der Waals surface area contributed by atoms with Gasteiger partial charge in [-0.25, -0.2) is 13.1 Å². The molecular formula is C16H18ClNO5S. The summed E-state index contributed by atoms with van der Waals surface area (Å²) >= 11 is 5.81. The van der Waals surface area contributed by atoms with E-state index in [0.29, 0.717) is 22.3 Å². The third-order valence-corrected chi connectivity index (χ3v) is 4.79. The minimum atomic E-state index is -3.63. The van der Waals surface area contributed by atoms with Crippen molar-refractivity contribution in [1.29, 1.82) is 0 Å². The summed E-state index contributed by atoms with van der Waals surface area (Å²) in [5.41, 5.74) is 0. The third-order valence-electron chi connectivity index (χ3n) is 3.09. The Morgan fingerprint density at radius 3 is 2.21 bits per heavy atom. The molecular weight excluding hydrogens is 354 g/mol. The predicted molar refractivity (Wildman–Crippen MR) is 91.7 cm³/mol. The van der Waals surface area contributed by atoms with E-state index in [-0.39, 0.29) is 18.0 Å². The standard InChI is InChI=1S/C16H18ClNO5S/c1-21-13-9-14(22-2)11-15(10-13)23-7-6-18-24(19,20)16-5-3-4-12(17)8-16/h3-5,8-11,18H,6-7H2,1-2H3. The number of hydrogen-bond acceptors (Lipinski definition) is 5. The molecule has 8 heteroatoms. The molecule has 0 radical (unpaired) electrons. The van der Waals surface area contributed by atoms with Crippen molar-refractivity contribution in [2.24, 2.45) is 0 Å². The summed E-state index contributed by atoms with van der Waals surface area (Å²) in [7, 11) is -0.548. The fourth-order valence-electron chi connectivity index (χ4n) is 1.93. The summed E-state index contributed by atoms with van der Waals surface area (Å²) in [6.45, 7) is 0.254. The van der Waals surface area contributed by atoms with Crippen molar-refractivity contribution in [2.45, 2.75) is 4.90 Å². The second-order valence-corrected chi connectivity index (χ2v) is 6.96. The molecule has 0 aliphatic carbocycles. The Balaban J connectivity index is 1.93. The van der Waals surface area contributed by atoms with E-state index in [9.17, 15) is 8.42 Å². The maximum atomic E-state index is 12.1. The Morgan fingerprint density at radius 1 is 1.00 bits per heavy atom. The number of benzene rings is 2. The molecule has 2 aromatic carbocycles. The molecule has 2 aromatic rings. The molecule has 1 N–H and O–H groups in total. The zero-order valence-electron chi connectivity index (χ0n) is 13.3. The Kier molecular flexibility index (Phi) is 6.30. The lowest BCUT2D eigenvalue weighted by Crippen LogP contribution is -2.28. The van der Waals surface area contributed by atoms with Gasteiger partial charge in [0.15, 0.2) is 0 Å². The van der Waals surface area contributed by atoms with Crippen LogP contribution in [0.5, 0.6) is 17.2 Å². The first-order chi connectivity index (χ1) is 11.4.